The highest BCUT2D eigenvalue weighted by Gasteiger charge is 2.30. The molecule has 0 aliphatic carbocycles. The number of hydrogen-bond donors (Lipinski definition) is 0. The van der Waals surface area contributed by atoms with Crippen molar-refractivity contribution < 1.29 is 4.79 Å². The molecule has 3 heteroatoms. The summed E-state index contributed by atoms with van der Waals surface area (Å²) in [5.74, 6) is 0.807. The maximum absolute atomic E-state index is 11.3. The first-order valence-electron chi connectivity index (χ1n) is 4.85. The van der Waals surface area contributed by atoms with Gasteiger partial charge in [-0.25, -0.2) is 0 Å². The molecule has 0 radical (unpaired) electrons. The Hall–Kier alpha value is -0.830. The molecule has 0 aromatic carbocycles. The van der Waals surface area contributed by atoms with Crippen molar-refractivity contribution in [3.8, 4) is 0 Å². The van der Waals surface area contributed by atoms with Gasteiger partial charge < -0.3 is 4.90 Å². The minimum Gasteiger partial charge on any atom is -0.315 e. The molecule has 2 saturated heterocycles. The molecule has 2 aliphatic rings. The van der Waals surface area contributed by atoms with Crippen LogP contribution >= 0.6 is 0 Å². The van der Waals surface area contributed by atoms with Crippen LogP contribution in [0.5, 0.6) is 0 Å². The van der Waals surface area contributed by atoms with Gasteiger partial charge in [0.05, 0.1) is 0 Å². The van der Waals surface area contributed by atoms with E-state index in [2.05, 4.69) is 11.5 Å². The zero-order valence-electron chi connectivity index (χ0n) is 8.12. The molecule has 2 unspecified atom stereocenters. The monoisotopic (exact) mass is 180 g/mol. The largest absolute Gasteiger partial charge is 0.315 e. The quantitative estimate of drug-likeness (QED) is 0.547. The Morgan fingerprint density at radius 1 is 1.54 bits per heavy atom. The summed E-state index contributed by atoms with van der Waals surface area (Å²) in [7, 11) is 0. The zero-order chi connectivity index (χ0) is 9.42. The van der Waals surface area contributed by atoms with Gasteiger partial charge in [-0.15, -0.1) is 0 Å². The van der Waals surface area contributed by atoms with Crippen LogP contribution in [0.25, 0.3) is 0 Å². The van der Waals surface area contributed by atoms with Gasteiger partial charge in [-0.3, -0.25) is 9.69 Å². The summed E-state index contributed by atoms with van der Waals surface area (Å²) >= 11 is 0. The van der Waals surface area contributed by atoms with Gasteiger partial charge in [0.15, 0.2) is 0 Å². The number of rotatable bonds is 0. The highest BCUT2D eigenvalue weighted by atomic mass is 16.2. The van der Waals surface area contributed by atoms with Crippen LogP contribution in [0.3, 0.4) is 0 Å². The van der Waals surface area contributed by atoms with Crippen LogP contribution in [0.4, 0.5) is 0 Å². The minimum absolute atomic E-state index is 0.138. The van der Waals surface area contributed by atoms with E-state index in [0.29, 0.717) is 5.92 Å². The summed E-state index contributed by atoms with van der Waals surface area (Å²) in [4.78, 5) is 15.5. The van der Waals surface area contributed by atoms with E-state index < -0.39 is 0 Å². The predicted octanol–water partition coefficient (Wildman–Crippen LogP) is 0.684. The molecule has 3 nitrogen and oxygen atoms in total. The Balaban J connectivity index is 2.13. The number of fused-ring (bicyclic) bond motifs is 2. The summed E-state index contributed by atoms with van der Waals surface area (Å²) in [6, 6.07) is 0. The van der Waals surface area contributed by atoms with E-state index in [-0.39, 0.29) is 5.91 Å². The second kappa shape index (κ2) is 3.14. The van der Waals surface area contributed by atoms with E-state index in [4.69, 9.17) is 0 Å². The predicted molar refractivity (Wildman–Crippen MR) is 51.1 cm³/mol. The molecule has 2 fully saturated rings. The number of carbonyl (C=O) groups is 1. The van der Waals surface area contributed by atoms with Gasteiger partial charge in [0.1, 0.15) is 0 Å². The summed E-state index contributed by atoms with van der Waals surface area (Å²) < 4.78 is 0. The third-order valence-electron chi connectivity index (χ3n) is 2.98. The van der Waals surface area contributed by atoms with E-state index >= 15 is 0 Å². The lowest BCUT2D eigenvalue weighted by molar-refractivity contribution is -0.127. The van der Waals surface area contributed by atoms with Crippen LogP contribution in [0.1, 0.15) is 13.3 Å². The second-order valence-electron chi connectivity index (χ2n) is 4.09. The van der Waals surface area contributed by atoms with Gasteiger partial charge in [-0.05, 0) is 18.9 Å². The minimum atomic E-state index is 0.138. The molecular weight excluding hydrogens is 164 g/mol. The smallest absolute Gasteiger partial charge is 0.223 e. The third-order valence-corrected chi connectivity index (χ3v) is 2.98. The molecule has 2 rings (SSSR count). The average Bonchev–Trinajstić information content (AvgIpc) is 2.38. The fraction of sp³-hybridized carbons (Fsp3) is 0.700. The van der Waals surface area contributed by atoms with Gasteiger partial charge in [0, 0.05) is 32.3 Å². The van der Waals surface area contributed by atoms with Crippen molar-refractivity contribution in [1.82, 2.24) is 9.80 Å². The number of hydrogen-bond acceptors (Lipinski definition) is 2. The maximum Gasteiger partial charge on any atom is 0.223 e. The molecule has 2 bridgehead atoms. The van der Waals surface area contributed by atoms with Crippen LogP contribution in [0.2, 0.25) is 0 Å². The van der Waals surface area contributed by atoms with Crippen molar-refractivity contribution >= 4 is 5.91 Å². The normalized spacial score (nSPS) is 33.3. The Kier molecular flexibility index (Phi) is 2.12. The molecule has 0 aromatic heterocycles. The Bertz CT molecular complexity index is 249. The van der Waals surface area contributed by atoms with Crippen LogP contribution in [0.15, 0.2) is 12.3 Å². The van der Waals surface area contributed by atoms with Crippen molar-refractivity contribution in [1.29, 1.82) is 0 Å². The molecule has 0 N–H and O–H groups in total. The molecule has 0 aromatic rings. The van der Waals surface area contributed by atoms with Gasteiger partial charge in [-0.2, -0.15) is 0 Å². The maximum atomic E-state index is 11.3. The lowest BCUT2D eigenvalue weighted by Gasteiger charge is -2.25. The standard InChI is InChI=1S/C10H16N2O/c1-8-5-11-4-3-10(6-11)7-12(8)9(2)13/h10H,1,3-7H2,2H3. The number of nitrogens with zero attached hydrogens (tertiary/aromatic N) is 2. The van der Waals surface area contributed by atoms with Gasteiger partial charge in [0.25, 0.3) is 0 Å². The van der Waals surface area contributed by atoms with Crippen LogP contribution < -0.4 is 0 Å². The molecule has 72 valence electrons. The van der Waals surface area contributed by atoms with E-state index in [1.165, 1.54) is 13.0 Å². The summed E-state index contributed by atoms with van der Waals surface area (Å²) in [6.45, 7) is 9.65. The third kappa shape index (κ3) is 1.61. The van der Waals surface area contributed by atoms with Crippen LogP contribution in [-0.2, 0) is 4.79 Å². The molecule has 0 saturated carbocycles. The average molecular weight is 180 g/mol. The van der Waals surface area contributed by atoms with Crippen LogP contribution in [0, 0.1) is 5.92 Å². The highest BCUT2D eigenvalue weighted by molar-refractivity contribution is 5.75. The van der Waals surface area contributed by atoms with Crippen molar-refractivity contribution in [2.24, 2.45) is 5.92 Å². The molecule has 0 spiro atoms. The van der Waals surface area contributed by atoms with Crippen molar-refractivity contribution in [3.63, 3.8) is 0 Å². The highest BCUT2D eigenvalue weighted by Crippen LogP contribution is 2.24. The van der Waals surface area contributed by atoms with Crippen molar-refractivity contribution in [3.05, 3.63) is 12.3 Å². The van der Waals surface area contributed by atoms with E-state index in [0.717, 1.165) is 25.3 Å². The first-order chi connectivity index (χ1) is 6.16. The van der Waals surface area contributed by atoms with Crippen LogP contribution in [-0.4, -0.2) is 41.9 Å². The van der Waals surface area contributed by atoms with E-state index in [1.807, 2.05) is 4.90 Å². The van der Waals surface area contributed by atoms with Gasteiger partial charge in [0.2, 0.25) is 5.91 Å². The topological polar surface area (TPSA) is 23.6 Å². The Labute approximate surface area is 79.0 Å². The lowest BCUT2D eigenvalue weighted by Crippen LogP contribution is -2.34. The van der Waals surface area contributed by atoms with Gasteiger partial charge >= 0.3 is 0 Å². The van der Waals surface area contributed by atoms with E-state index in [1.54, 1.807) is 6.92 Å². The lowest BCUT2D eigenvalue weighted by atomic mass is 10.1. The molecule has 2 aliphatic heterocycles. The Morgan fingerprint density at radius 2 is 2.31 bits per heavy atom. The SMILES string of the molecule is C=C1CN2CCC(C2)CN1C(C)=O. The van der Waals surface area contributed by atoms with Gasteiger partial charge in [-0.1, -0.05) is 6.58 Å². The zero-order valence-corrected chi connectivity index (χ0v) is 8.12. The fourth-order valence-corrected chi connectivity index (χ4v) is 2.29. The molecule has 2 atom stereocenters. The fourth-order valence-electron chi connectivity index (χ4n) is 2.29. The van der Waals surface area contributed by atoms with Crippen molar-refractivity contribution in [2.75, 3.05) is 26.2 Å². The molecule has 2 heterocycles. The summed E-state index contributed by atoms with van der Waals surface area (Å²) in [5, 5.41) is 0. The number of carbonyl (C=O) groups excluding carboxylic acids is 1. The molecular formula is C10H16N2O. The summed E-state index contributed by atoms with van der Waals surface area (Å²) in [6.07, 6.45) is 1.23. The first kappa shape index (κ1) is 8.75. The molecule has 13 heavy (non-hydrogen) atoms. The second-order valence-corrected chi connectivity index (χ2v) is 4.09. The van der Waals surface area contributed by atoms with Crippen molar-refractivity contribution in [2.45, 2.75) is 13.3 Å². The van der Waals surface area contributed by atoms with E-state index in [9.17, 15) is 4.79 Å². The Morgan fingerprint density at radius 3 is 3.00 bits per heavy atom. The molecule has 1 amide bonds. The summed E-state index contributed by atoms with van der Waals surface area (Å²) in [5.41, 5.74) is 0.967. The first-order valence-corrected chi connectivity index (χ1v) is 4.85. The number of amides is 1.